The number of nitrogens with zero attached hydrogens (tertiary/aromatic N) is 2. The summed E-state index contributed by atoms with van der Waals surface area (Å²) < 4.78 is 0. The van der Waals surface area contributed by atoms with E-state index in [1.54, 1.807) is 0 Å². The molecule has 1 aliphatic carbocycles. The molecule has 2 unspecified atom stereocenters. The van der Waals surface area contributed by atoms with Crippen molar-refractivity contribution in [2.24, 2.45) is 0 Å². The van der Waals surface area contributed by atoms with E-state index < -0.39 is 0 Å². The highest BCUT2D eigenvalue weighted by atomic mass is 15.2. The maximum Gasteiger partial charge on any atom is 0.0113 e. The topological polar surface area (TPSA) is 18.5 Å². The van der Waals surface area contributed by atoms with Crippen molar-refractivity contribution < 1.29 is 0 Å². The molecule has 2 aliphatic rings. The first-order chi connectivity index (χ1) is 8.20. The fourth-order valence-electron chi connectivity index (χ4n) is 3.53. The van der Waals surface area contributed by atoms with E-state index in [1.807, 2.05) is 0 Å². The summed E-state index contributed by atoms with van der Waals surface area (Å²) in [6, 6.07) is 2.43. The molecule has 3 heteroatoms. The molecule has 2 rings (SSSR count). The molecular weight excluding hydrogens is 210 g/mol. The maximum atomic E-state index is 3.47. The van der Waals surface area contributed by atoms with Gasteiger partial charge in [-0.15, -0.1) is 0 Å². The van der Waals surface area contributed by atoms with Crippen LogP contribution in [0, 0.1) is 0 Å². The summed E-state index contributed by atoms with van der Waals surface area (Å²) in [6.07, 6.45) is 8.28. The van der Waals surface area contributed by atoms with Crippen molar-refractivity contribution in [3.63, 3.8) is 0 Å². The second-order valence-corrected chi connectivity index (χ2v) is 6.04. The minimum absolute atomic E-state index is 0.764. The van der Waals surface area contributed by atoms with Crippen LogP contribution in [0.3, 0.4) is 0 Å². The van der Waals surface area contributed by atoms with Gasteiger partial charge in [-0.25, -0.2) is 0 Å². The maximum absolute atomic E-state index is 3.47. The minimum atomic E-state index is 0.764. The Morgan fingerprint density at radius 3 is 2.35 bits per heavy atom. The molecule has 0 aromatic rings. The predicted molar refractivity (Wildman–Crippen MR) is 73.4 cm³/mol. The molecule has 0 aromatic carbocycles. The molecule has 1 heterocycles. The van der Waals surface area contributed by atoms with Gasteiger partial charge in [-0.2, -0.15) is 0 Å². The Bertz CT molecular complexity index is 222. The van der Waals surface area contributed by atoms with Crippen LogP contribution in [0.4, 0.5) is 0 Å². The van der Waals surface area contributed by atoms with Crippen molar-refractivity contribution in [2.45, 2.75) is 56.7 Å². The smallest absolute Gasteiger partial charge is 0.0113 e. The zero-order chi connectivity index (χ0) is 12.3. The Morgan fingerprint density at radius 1 is 1.06 bits per heavy atom. The standard InChI is InChI=1S/C14H29N3/c1-15-12-5-4-6-14(11-12)17-9-7-13(8-10-17)16(2)3/h12-15H,4-11H2,1-3H3. The van der Waals surface area contributed by atoms with Crippen molar-refractivity contribution in [1.82, 2.24) is 15.1 Å². The highest BCUT2D eigenvalue weighted by Gasteiger charge is 2.29. The van der Waals surface area contributed by atoms with Crippen molar-refractivity contribution in [3.05, 3.63) is 0 Å². The lowest BCUT2D eigenvalue weighted by atomic mass is 9.88. The van der Waals surface area contributed by atoms with E-state index in [2.05, 4.69) is 36.3 Å². The Hall–Kier alpha value is -0.120. The number of rotatable bonds is 3. The zero-order valence-electron chi connectivity index (χ0n) is 11.8. The van der Waals surface area contributed by atoms with E-state index >= 15 is 0 Å². The molecule has 1 saturated heterocycles. The summed E-state index contributed by atoms with van der Waals surface area (Å²) >= 11 is 0. The van der Waals surface area contributed by atoms with Crippen molar-refractivity contribution in [1.29, 1.82) is 0 Å². The molecule has 2 atom stereocenters. The number of likely N-dealkylation sites (tertiary alicyclic amines) is 1. The summed E-state index contributed by atoms with van der Waals surface area (Å²) in [5.41, 5.74) is 0. The minimum Gasteiger partial charge on any atom is -0.317 e. The van der Waals surface area contributed by atoms with Gasteiger partial charge in [0, 0.05) is 18.1 Å². The summed E-state index contributed by atoms with van der Waals surface area (Å²) in [6.45, 7) is 2.62. The molecule has 0 radical (unpaired) electrons. The molecule has 1 saturated carbocycles. The van der Waals surface area contributed by atoms with Gasteiger partial charge in [0.05, 0.1) is 0 Å². The van der Waals surface area contributed by atoms with Crippen molar-refractivity contribution in [2.75, 3.05) is 34.2 Å². The van der Waals surface area contributed by atoms with Crippen LogP contribution >= 0.6 is 0 Å². The van der Waals surface area contributed by atoms with E-state index in [-0.39, 0.29) is 0 Å². The summed E-state index contributed by atoms with van der Waals surface area (Å²) in [5, 5.41) is 3.47. The number of nitrogens with one attached hydrogen (secondary N) is 1. The van der Waals surface area contributed by atoms with Gasteiger partial charge in [-0.05, 0) is 66.3 Å². The van der Waals surface area contributed by atoms with Crippen LogP contribution in [-0.2, 0) is 0 Å². The quantitative estimate of drug-likeness (QED) is 0.806. The zero-order valence-corrected chi connectivity index (χ0v) is 11.8. The summed E-state index contributed by atoms with van der Waals surface area (Å²) in [5.74, 6) is 0. The third kappa shape index (κ3) is 3.43. The molecule has 17 heavy (non-hydrogen) atoms. The van der Waals surface area contributed by atoms with Gasteiger partial charge in [-0.3, -0.25) is 0 Å². The average molecular weight is 239 g/mol. The molecule has 100 valence electrons. The molecule has 2 fully saturated rings. The van der Waals surface area contributed by atoms with Gasteiger partial charge in [-0.1, -0.05) is 6.42 Å². The Kier molecular flexibility index (Phi) is 4.83. The number of hydrogen-bond donors (Lipinski definition) is 1. The van der Waals surface area contributed by atoms with Crippen LogP contribution in [0.15, 0.2) is 0 Å². The summed E-state index contributed by atoms with van der Waals surface area (Å²) in [7, 11) is 6.56. The Morgan fingerprint density at radius 2 is 1.76 bits per heavy atom. The van der Waals surface area contributed by atoms with Gasteiger partial charge in [0.15, 0.2) is 0 Å². The van der Waals surface area contributed by atoms with Gasteiger partial charge >= 0.3 is 0 Å². The van der Waals surface area contributed by atoms with E-state index in [0.29, 0.717) is 0 Å². The second-order valence-electron chi connectivity index (χ2n) is 6.04. The van der Waals surface area contributed by atoms with Crippen LogP contribution in [0.2, 0.25) is 0 Å². The molecule has 0 spiro atoms. The average Bonchev–Trinajstić information content (AvgIpc) is 2.39. The van der Waals surface area contributed by atoms with E-state index in [9.17, 15) is 0 Å². The third-order valence-electron chi connectivity index (χ3n) is 4.80. The molecular formula is C14H29N3. The van der Waals surface area contributed by atoms with E-state index in [0.717, 1.165) is 18.1 Å². The molecule has 1 aliphatic heterocycles. The van der Waals surface area contributed by atoms with Crippen molar-refractivity contribution >= 4 is 0 Å². The normalized spacial score (nSPS) is 33.2. The fraction of sp³-hybridized carbons (Fsp3) is 1.00. The van der Waals surface area contributed by atoms with Crippen LogP contribution in [0.5, 0.6) is 0 Å². The van der Waals surface area contributed by atoms with E-state index in [4.69, 9.17) is 0 Å². The third-order valence-corrected chi connectivity index (χ3v) is 4.80. The number of piperidine rings is 1. The second kappa shape index (κ2) is 6.17. The van der Waals surface area contributed by atoms with Crippen LogP contribution in [0.1, 0.15) is 38.5 Å². The van der Waals surface area contributed by atoms with Gasteiger partial charge in [0.1, 0.15) is 0 Å². The first-order valence-electron chi connectivity index (χ1n) is 7.28. The van der Waals surface area contributed by atoms with Crippen LogP contribution in [0.25, 0.3) is 0 Å². The molecule has 0 aromatic heterocycles. The predicted octanol–water partition coefficient (Wildman–Crippen LogP) is 1.54. The fourth-order valence-corrected chi connectivity index (χ4v) is 3.53. The van der Waals surface area contributed by atoms with Gasteiger partial charge in [0.25, 0.3) is 0 Å². The highest BCUT2D eigenvalue weighted by molar-refractivity contribution is 4.87. The largest absolute Gasteiger partial charge is 0.317 e. The molecule has 1 N–H and O–H groups in total. The lowest BCUT2D eigenvalue weighted by Crippen LogP contribution is -2.49. The lowest BCUT2D eigenvalue weighted by molar-refractivity contribution is 0.0826. The van der Waals surface area contributed by atoms with Gasteiger partial charge < -0.3 is 15.1 Å². The molecule has 0 amide bonds. The number of hydrogen-bond acceptors (Lipinski definition) is 3. The van der Waals surface area contributed by atoms with Crippen LogP contribution in [-0.4, -0.2) is 62.2 Å². The van der Waals surface area contributed by atoms with Crippen molar-refractivity contribution in [3.8, 4) is 0 Å². The lowest BCUT2D eigenvalue weighted by Gasteiger charge is -2.42. The Labute approximate surface area is 107 Å². The van der Waals surface area contributed by atoms with Gasteiger partial charge in [0.2, 0.25) is 0 Å². The summed E-state index contributed by atoms with van der Waals surface area (Å²) in [4.78, 5) is 5.15. The Balaban J connectivity index is 1.80. The first kappa shape index (κ1) is 13.3. The first-order valence-corrected chi connectivity index (χ1v) is 7.28. The monoisotopic (exact) mass is 239 g/mol. The molecule has 0 bridgehead atoms. The molecule has 3 nitrogen and oxygen atoms in total. The van der Waals surface area contributed by atoms with E-state index in [1.165, 1.54) is 51.6 Å². The SMILES string of the molecule is CNC1CCCC(N2CCC(N(C)C)CC2)C1. The highest BCUT2D eigenvalue weighted by Crippen LogP contribution is 2.26. The van der Waals surface area contributed by atoms with Crippen LogP contribution < -0.4 is 5.32 Å².